The minimum atomic E-state index is -0.133. The summed E-state index contributed by atoms with van der Waals surface area (Å²) in [4.78, 5) is 14.2. The molecule has 4 nitrogen and oxygen atoms in total. The molecule has 2 rings (SSSR count). The zero-order chi connectivity index (χ0) is 12.4. The SMILES string of the molecule is CC(C)N1CC[C@H](NC(=O)c2ccc(Br)o2)C1. The van der Waals surface area contributed by atoms with Gasteiger partial charge in [-0.1, -0.05) is 0 Å². The van der Waals surface area contributed by atoms with Gasteiger partial charge in [0.05, 0.1) is 0 Å². The predicted molar refractivity (Wildman–Crippen MR) is 69.0 cm³/mol. The number of likely N-dealkylation sites (tertiary alicyclic amines) is 1. The standard InChI is InChI=1S/C12H17BrN2O2/c1-8(2)15-6-5-9(7-15)14-12(16)10-3-4-11(13)17-10/h3-4,8-9H,5-7H2,1-2H3,(H,14,16)/t9-/m0/s1. The molecule has 0 radical (unpaired) electrons. The molecular weight excluding hydrogens is 284 g/mol. The van der Waals surface area contributed by atoms with Gasteiger partial charge in [-0.05, 0) is 48.3 Å². The number of carbonyl (C=O) groups excluding carboxylic acids is 1. The van der Waals surface area contributed by atoms with Crippen LogP contribution in [0.1, 0.15) is 30.8 Å². The number of halogens is 1. The minimum absolute atomic E-state index is 0.133. The van der Waals surface area contributed by atoms with E-state index in [1.54, 1.807) is 12.1 Å². The molecule has 2 heterocycles. The highest BCUT2D eigenvalue weighted by Crippen LogP contribution is 2.16. The predicted octanol–water partition coefficient (Wildman–Crippen LogP) is 2.25. The number of nitrogens with zero attached hydrogens (tertiary/aromatic N) is 1. The highest BCUT2D eigenvalue weighted by molar-refractivity contribution is 9.10. The summed E-state index contributed by atoms with van der Waals surface area (Å²) in [5, 5.41) is 3.00. The van der Waals surface area contributed by atoms with Crippen molar-refractivity contribution >= 4 is 21.8 Å². The van der Waals surface area contributed by atoms with Crippen molar-refractivity contribution in [3.05, 3.63) is 22.6 Å². The Labute approximate surface area is 109 Å². The van der Waals surface area contributed by atoms with E-state index in [0.29, 0.717) is 16.5 Å². The third-order valence-electron chi connectivity index (χ3n) is 3.08. The average Bonchev–Trinajstić information content (AvgIpc) is 2.86. The summed E-state index contributed by atoms with van der Waals surface area (Å²) >= 11 is 3.19. The third-order valence-corrected chi connectivity index (χ3v) is 3.51. The number of hydrogen-bond acceptors (Lipinski definition) is 3. The van der Waals surface area contributed by atoms with Gasteiger partial charge in [-0.3, -0.25) is 9.69 Å². The number of rotatable bonds is 3. The van der Waals surface area contributed by atoms with Gasteiger partial charge in [0, 0.05) is 25.2 Å². The summed E-state index contributed by atoms with van der Waals surface area (Å²) in [5.74, 6) is 0.228. The van der Waals surface area contributed by atoms with Crippen LogP contribution < -0.4 is 5.32 Å². The van der Waals surface area contributed by atoms with Crippen molar-refractivity contribution in [3.8, 4) is 0 Å². The van der Waals surface area contributed by atoms with Crippen molar-refractivity contribution in [3.63, 3.8) is 0 Å². The maximum absolute atomic E-state index is 11.8. The summed E-state index contributed by atoms with van der Waals surface area (Å²) in [5.41, 5.74) is 0. The second-order valence-corrected chi connectivity index (χ2v) is 5.43. The number of carbonyl (C=O) groups is 1. The molecule has 0 aromatic carbocycles. The van der Waals surface area contributed by atoms with Crippen LogP contribution in [0.15, 0.2) is 21.2 Å². The molecule has 1 aromatic rings. The van der Waals surface area contributed by atoms with Crippen molar-refractivity contribution in [2.24, 2.45) is 0 Å². The highest BCUT2D eigenvalue weighted by Gasteiger charge is 2.26. The van der Waals surface area contributed by atoms with E-state index >= 15 is 0 Å². The first-order valence-corrected chi connectivity index (χ1v) is 6.66. The maximum atomic E-state index is 11.8. The van der Waals surface area contributed by atoms with Crippen molar-refractivity contribution < 1.29 is 9.21 Å². The Kier molecular flexibility index (Phi) is 3.89. The number of nitrogens with one attached hydrogen (secondary N) is 1. The lowest BCUT2D eigenvalue weighted by Gasteiger charge is -2.20. The van der Waals surface area contributed by atoms with Crippen LogP contribution in [-0.4, -0.2) is 36.0 Å². The molecule has 0 spiro atoms. The Balaban J connectivity index is 1.88. The maximum Gasteiger partial charge on any atom is 0.287 e. The molecule has 0 aliphatic carbocycles. The summed E-state index contributed by atoms with van der Waals surface area (Å²) in [6, 6.07) is 4.17. The Bertz CT molecular complexity index is 403. The zero-order valence-corrected chi connectivity index (χ0v) is 11.7. The van der Waals surface area contributed by atoms with Crippen LogP contribution in [0.5, 0.6) is 0 Å². The molecule has 1 amide bonds. The molecule has 1 atom stereocenters. The highest BCUT2D eigenvalue weighted by atomic mass is 79.9. The van der Waals surface area contributed by atoms with Crippen LogP contribution >= 0.6 is 15.9 Å². The number of amides is 1. The van der Waals surface area contributed by atoms with Gasteiger partial charge >= 0.3 is 0 Å². The van der Waals surface area contributed by atoms with Gasteiger partial charge in [-0.2, -0.15) is 0 Å². The first-order valence-electron chi connectivity index (χ1n) is 5.86. The van der Waals surface area contributed by atoms with E-state index < -0.39 is 0 Å². The van der Waals surface area contributed by atoms with E-state index in [-0.39, 0.29) is 11.9 Å². The largest absolute Gasteiger partial charge is 0.444 e. The van der Waals surface area contributed by atoms with Crippen LogP contribution in [0.3, 0.4) is 0 Å². The Morgan fingerprint density at radius 2 is 2.35 bits per heavy atom. The fraction of sp³-hybridized carbons (Fsp3) is 0.583. The molecule has 1 saturated heterocycles. The molecule has 0 unspecified atom stereocenters. The van der Waals surface area contributed by atoms with E-state index in [1.165, 1.54) is 0 Å². The lowest BCUT2D eigenvalue weighted by atomic mass is 10.2. The number of hydrogen-bond donors (Lipinski definition) is 1. The van der Waals surface area contributed by atoms with Crippen LogP contribution in [0.25, 0.3) is 0 Å². The summed E-state index contributed by atoms with van der Waals surface area (Å²) in [6.07, 6.45) is 1.01. The average molecular weight is 301 g/mol. The van der Waals surface area contributed by atoms with Crippen molar-refractivity contribution in [1.82, 2.24) is 10.2 Å². The molecule has 5 heteroatoms. The monoisotopic (exact) mass is 300 g/mol. The van der Waals surface area contributed by atoms with Crippen LogP contribution in [0.2, 0.25) is 0 Å². The molecule has 1 aliphatic rings. The van der Waals surface area contributed by atoms with Gasteiger partial charge in [0.25, 0.3) is 5.91 Å². The second kappa shape index (κ2) is 5.23. The Morgan fingerprint density at radius 3 is 2.88 bits per heavy atom. The fourth-order valence-corrected chi connectivity index (χ4v) is 2.37. The summed E-state index contributed by atoms with van der Waals surface area (Å²) in [6.45, 7) is 6.32. The third kappa shape index (κ3) is 3.10. The van der Waals surface area contributed by atoms with Crippen molar-refractivity contribution in [1.29, 1.82) is 0 Å². The molecule has 1 N–H and O–H groups in total. The number of furan rings is 1. The van der Waals surface area contributed by atoms with E-state index in [0.717, 1.165) is 19.5 Å². The fourth-order valence-electron chi connectivity index (χ4n) is 2.07. The Morgan fingerprint density at radius 1 is 1.59 bits per heavy atom. The van der Waals surface area contributed by atoms with E-state index in [9.17, 15) is 4.79 Å². The van der Waals surface area contributed by atoms with Gasteiger partial charge in [0.1, 0.15) is 0 Å². The minimum Gasteiger partial charge on any atom is -0.444 e. The van der Waals surface area contributed by atoms with E-state index in [2.05, 4.69) is 40.0 Å². The normalized spacial score (nSPS) is 21.1. The molecule has 1 aromatic heterocycles. The molecule has 94 valence electrons. The molecule has 0 bridgehead atoms. The summed E-state index contributed by atoms with van der Waals surface area (Å²) < 4.78 is 5.80. The summed E-state index contributed by atoms with van der Waals surface area (Å²) in [7, 11) is 0. The topological polar surface area (TPSA) is 45.5 Å². The van der Waals surface area contributed by atoms with Gasteiger partial charge in [-0.25, -0.2) is 0 Å². The lowest BCUT2D eigenvalue weighted by Crippen LogP contribution is -2.38. The van der Waals surface area contributed by atoms with Crippen LogP contribution in [0, 0.1) is 0 Å². The van der Waals surface area contributed by atoms with E-state index in [1.807, 2.05) is 0 Å². The molecule has 0 saturated carbocycles. The molecule has 1 fully saturated rings. The molecular formula is C12H17BrN2O2. The van der Waals surface area contributed by atoms with E-state index in [4.69, 9.17) is 4.42 Å². The van der Waals surface area contributed by atoms with Gasteiger partial charge in [0.15, 0.2) is 10.4 Å². The first-order chi connectivity index (χ1) is 8.06. The van der Waals surface area contributed by atoms with Crippen LogP contribution in [0.4, 0.5) is 0 Å². The smallest absolute Gasteiger partial charge is 0.287 e. The lowest BCUT2D eigenvalue weighted by molar-refractivity contribution is 0.0907. The quantitative estimate of drug-likeness (QED) is 0.931. The van der Waals surface area contributed by atoms with Crippen LogP contribution in [-0.2, 0) is 0 Å². The van der Waals surface area contributed by atoms with Gasteiger partial charge < -0.3 is 9.73 Å². The first kappa shape index (κ1) is 12.6. The van der Waals surface area contributed by atoms with Crippen molar-refractivity contribution in [2.75, 3.05) is 13.1 Å². The zero-order valence-electron chi connectivity index (χ0n) is 10.1. The second-order valence-electron chi connectivity index (χ2n) is 4.65. The van der Waals surface area contributed by atoms with Gasteiger partial charge in [-0.15, -0.1) is 0 Å². The molecule has 17 heavy (non-hydrogen) atoms. The van der Waals surface area contributed by atoms with Gasteiger partial charge in [0.2, 0.25) is 0 Å². The van der Waals surface area contributed by atoms with Crippen molar-refractivity contribution in [2.45, 2.75) is 32.4 Å². The molecule has 1 aliphatic heterocycles. The Hall–Kier alpha value is -0.810.